The fourth-order valence-electron chi connectivity index (χ4n) is 1.69. The minimum Gasteiger partial charge on any atom is -0.326 e. The van der Waals surface area contributed by atoms with Crippen molar-refractivity contribution in [2.75, 3.05) is 0 Å². The first-order valence-corrected chi connectivity index (χ1v) is 5.76. The van der Waals surface area contributed by atoms with Gasteiger partial charge in [-0.1, -0.05) is 20.3 Å². The highest BCUT2D eigenvalue weighted by molar-refractivity contribution is 5.06. The maximum Gasteiger partial charge on any atom is 0.348 e. The molecular formula is C12H21N3O. The first-order chi connectivity index (χ1) is 7.45. The fourth-order valence-corrected chi connectivity index (χ4v) is 1.69. The van der Waals surface area contributed by atoms with Crippen molar-refractivity contribution >= 4 is 0 Å². The van der Waals surface area contributed by atoms with E-state index in [0.29, 0.717) is 12.5 Å². The van der Waals surface area contributed by atoms with Crippen molar-refractivity contribution < 1.29 is 0 Å². The summed E-state index contributed by atoms with van der Waals surface area (Å²) in [6, 6.07) is 1.91. The molecule has 4 nitrogen and oxygen atoms in total. The molecule has 90 valence electrons. The van der Waals surface area contributed by atoms with E-state index in [1.165, 1.54) is 0 Å². The number of aryl methyl sites for hydroxylation is 2. The SMILES string of the molecule is CCC(C)C(N)Cn1c(C)cc(C)nc1=O. The van der Waals surface area contributed by atoms with Crippen LogP contribution in [0, 0.1) is 19.8 Å². The van der Waals surface area contributed by atoms with E-state index >= 15 is 0 Å². The monoisotopic (exact) mass is 223 g/mol. The highest BCUT2D eigenvalue weighted by Gasteiger charge is 2.13. The summed E-state index contributed by atoms with van der Waals surface area (Å²) in [4.78, 5) is 15.6. The van der Waals surface area contributed by atoms with Gasteiger partial charge in [-0.15, -0.1) is 0 Å². The number of rotatable bonds is 4. The minimum atomic E-state index is -0.198. The highest BCUT2D eigenvalue weighted by atomic mass is 16.1. The van der Waals surface area contributed by atoms with Crippen LogP contribution in [-0.2, 0) is 6.54 Å². The number of aromatic nitrogens is 2. The summed E-state index contributed by atoms with van der Waals surface area (Å²) in [6.07, 6.45) is 1.02. The van der Waals surface area contributed by atoms with Crippen molar-refractivity contribution in [3.8, 4) is 0 Å². The van der Waals surface area contributed by atoms with Gasteiger partial charge in [-0.25, -0.2) is 4.79 Å². The summed E-state index contributed by atoms with van der Waals surface area (Å²) in [5, 5.41) is 0. The van der Waals surface area contributed by atoms with Crippen LogP contribution >= 0.6 is 0 Å². The lowest BCUT2D eigenvalue weighted by atomic mass is 10.00. The van der Waals surface area contributed by atoms with Crippen molar-refractivity contribution in [1.82, 2.24) is 9.55 Å². The molecule has 1 rings (SSSR count). The fraction of sp³-hybridized carbons (Fsp3) is 0.667. The van der Waals surface area contributed by atoms with Crippen LogP contribution in [0.2, 0.25) is 0 Å². The van der Waals surface area contributed by atoms with E-state index < -0.39 is 0 Å². The second-order valence-electron chi connectivity index (χ2n) is 4.48. The predicted molar refractivity (Wildman–Crippen MR) is 65.4 cm³/mol. The Kier molecular flexibility index (Phi) is 4.24. The van der Waals surface area contributed by atoms with Crippen LogP contribution < -0.4 is 11.4 Å². The van der Waals surface area contributed by atoms with Gasteiger partial charge < -0.3 is 5.73 Å². The van der Waals surface area contributed by atoms with E-state index in [1.807, 2.05) is 19.9 Å². The smallest absolute Gasteiger partial charge is 0.326 e. The lowest BCUT2D eigenvalue weighted by Crippen LogP contribution is -2.38. The Labute approximate surface area is 96.5 Å². The van der Waals surface area contributed by atoms with E-state index in [-0.39, 0.29) is 11.7 Å². The molecular weight excluding hydrogens is 202 g/mol. The van der Waals surface area contributed by atoms with E-state index in [0.717, 1.165) is 17.8 Å². The molecule has 0 saturated heterocycles. The Morgan fingerprint density at radius 3 is 2.62 bits per heavy atom. The summed E-state index contributed by atoms with van der Waals surface area (Å²) in [7, 11) is 0. The van der Waals surface area contributed by atoms with Crippen LogP contribution in [0.4, 0.5) is 0 Å². The van der Waals surface area contributed by atoms with Gasteiger partial charge in [0.15, 0.2) is 0 Å². The van der Waals surface area contributed by atoms with E-state index in [2.05, 4.69) is 18.8 Å². The molecule has 2 unspecified atom stereocenters. The molecule has 0 saturated carbocycles. The van der Waals surface area contributed by atoms with Gasteiger partial charge in [0.25, 0.3) is 0 Å². The van der Waals surface area contributed by atoms with Gasteiger partial charge >= 0.3 is 5.69 Å². The quantitative estimate of drug-likeness (QED) is 0.835. The molecule has 2 N–H and O–H groups in total. The molecule has 0 radical (unpaired) electrons. The Balaban J connectivity index is 2.94. The second-order valence-corrected chi connectivity index (χ2v) is 4.48. The molecule has 1 aromatic heterocycles. The highest BCUT2D eigenvalue weighted by Crippen LogP contribution is 2.07. The minimum absolute atomic E-state index is 0.00547. The molecule has 0 aliphatic rings. The van der Waals surface area contributed by atoms with Crippen LogP contribution in [0.25, 0.3) is 0 Å². The summed E-state index contributed by atoms with van der Waals surface area (Å²) in [6.45, 7) is 8.50. The number of hydrogen-bond acceptors (Lipinski definition) is 3. The maximum absolute atomic E-state index is 11.7. The molecule has 1 heterocycles. The third-order valence-corrected chi connectivity index (χ3v) is 3.11. The Morgan fingerprint density at radius 1 is 1.50 bits per heavy atom. The van der Waals surface area contributed by atoms with Gasteiger partial charge in [0.05, 0.1) is 0 Å². The Morgan fingerprint density at radius 2 is 2.12 bits per heavy atom. The number of nitrogens with zero attached hydrogens (tertiary/aromatic N) is 2. The van der Waals surface area contributed by atoms with Crippen molar-refractivity contribution in [2.24, 2.45) is 11.7 Å². The van der Waals surface area contributed by atoms with Crippen molar-refractivity contribution in [2.45, 2.75) is 46.7 Å². The second kappa shape index (κ2) is 5.25. The van der Waals surface area contributed by atoms with Crippen LogP contribution in [0.1, 0.15) is 31.7 Å². The standard InChI is InChI=1S/C12H21N3O/c1-5-8(2)11(13)7-15-10(4)6-9(3)14-12(15)16/h6,8,11H,5,7,13H2,1-4H3. The summed E-state index contributed by atoms with van der Waals surface area (Å²) < 4.78 is 1.66. The molecule has 0 aliphatic heterocycles. The normalized spacial score (nSPS) is 14.8. The third-order valence-electron chi connectivity index (χ3n) is 3.11. The molecule has 1 aromatic rings. The zero-order valence-corrected chi connectivity index (χ0v) is 10.5. The molecule has 0 bridgehead atoms. The van der Waals surface area contributed by atoms with Crippen molar-refractivity contribution in [3.63, 3.8) is 0 Å². The number of hydrogen-bond donors (Lipinski definition) is 1. The molecule has 0 fully saturated rings. The van der Waals surface area contributed by atoms with Gasteiger partial charge in [-0.2, -0.15) is 4.98 Å². The molecule has 0 spiro atoms. The first kappa shape index (κ1) is 12.9. The molecule has 0 aliphatic carbocycles. The average Bonchev–Trinajstić information content (AvgIpc) is 2.21. The largest absolute Gasteiger partial charge is 0.348 e. The lowest BCUT2D eigenvalue weighted by molar-refractivity contribution is 0.386. The van der Waals surface area contributed by atoms with Crippen molar-refractivity contribution in [1.29, 1.82) is 0 Å². The lowest BCUT2D eigenvalue weighted by Gasteiger charge is -2.20. The summed E-state index contributed by atoms with van der Waals surface area (Å²) in [5.74, 6) is 0.410. The maximum atomic E-state index is 11.7. The zero-order valence-electron chi connectivity index (χ0n) is 10.5. The molecule has 0 aromatic carbocycles. The summed E-state index contributed by atoms with van der Waals surface area (Å²) in [5.41, 5.74) is 7.54. The zero-order chi connectivity index (χ0) is 12.3. The molecule has 16 heavy (non-hydrogen) atoms. The van der Waals surface area contributed by atoms with Crippen LogP contribution in [-0.4, -0.2) is 15.6 Å². The van der Waals surface area contributed by atoms with Gasteiger partial charge in [0.2, 0.25) is 0 Å². The van der Waals surface area contributed by atoms with Gasteiger partial charge in [0.1, 0.15) is 0 Å². The topological polar surface area (TPSA) is 60.9 Å². The number of nitrogens with two attached hydrogens (primary N) is 1. The Hall–Kier alpha value is -1.16. The summed E-state index contributed by atoms with van der Waals surface area (Å²) >= 11 is 0. The average molecular weight is 223 g/mol. The van der Waals surface area contributed by atoms with Crippen molar-refractivity contribution in [3.05, 3.63) is 27.9 Å². The Bertz CT molecular complexity index is 411. The van der Waals surface area contributed by atoms with Crippen LogP contribution in [0.5, 0.6) is 0 Å². The molecule has 2 atom stereocenters. The van der Waals surface area contributed by atoms with Gasteiger partial charge in [-0.3, -0.25) is 4.57 Å². The van der Waals surface area contributed by atoms with Crippen LogP contribution in [0.3, 0.4) is 0 Å². The first-order valence-electron chi connectivity index (χ1n) is 5.76. The van der Waals surface area contributed by atoms with E-state index in [4.69, 9.17) is 5.73 Å². The predicted octanol–water partition coefficient (Wildman–Crippen LogP) is 1.23. The molecule has 0 amide bonds. The van der Waals surface area contributed by atoms with E-state index in [9.17, 15) is 4.79 Å². The third kappa shape index (κ3) is 2.92. The van der Waals surface area contributed by atoms with Gasteiger partial charge in [-0.05, 0) is 25.8 Å². The molecule has 4 heteroatoms. The van der Waals surface area contributed by atoms with Gasteiger partial charge in [0, 0.05) is 24.0 Å². The van der Waals surface area contributed by atoms with Crippen LogP contribution in [0.15, 0.2) is 10.9 Å². The van der Waals surface area contributed by atoms with E-state index in [1.54, 1.807) is 4.57 Å².